The van der Waals surface area contributed by atoms with Gasteiger partial charge >= 0.3 is 0 Å². The van der Waals surface area contributed by atoms with Crippen LogP contribution in [0.15, 0.2) is 12.4 Å². The monoisotopic (exact) mass is 304 g/mol. The van der Waals surface area contributed by atoms with Crippen LogP contribution >= 0.6 is 0 Å². The summed E-state index contributed by atoms with van der Waals surface area (Å²) >= 11 is 0. The molecule has 1 aliphatic carbocycles. The summed E-state index contributed by atoms with van der Waals surface area (Å²) in [5, 5.41) is 0. The Labute approximate surface area is 128 Å². The molecule has 1 aromatic heterocycles. The second kappa shape index (κ2) is 5.53. The third-order valence-electron chi connectivity index (χ3n) is 4.53. The molecule has 2 heterocycles. The standard InChI is InChI=1S/C14H20N6O2/c1-16-19-13(22)9-2-5-20(14(7-9)3-4-14)11-6-10(12(15)21)17-8-18-11/h6,8-9,16H,2-5,7H2,1H3,(H2,15,21)(H,19,22). The highest BCUT2D eigenvalue weighted by Gasteiger charge is 2.53. The minimum Gasteiger partial charge on any atom is -0.364 e. The number of hydrogen-bond donors (Lipinski definition) is 3. The number of hydrogen-bond acceptors (Lipinski definition) is 6. The molecule has 1 unspecified atom stereocenters. The minimum absolute atomic E-state index is 0.00338. The lowest BCUT2D eigenvalue weighted by molar-refractivity contribution is -0.126. The molecule has 2 fully saturated rings. The Morgan fingerprint density at radius 1 is 1.41 bits per heavy atom. The molecule has 1 atom stereocenters. The van der Waals surface area contributed by atoms with Gasteiger partial charge in [-0.15, -0.1) is 0 Å². The van der Waals surface area contributed by atoms with E-state index in [0.29, 0.717) is 5.82 Å². The minimum atomic E-state index is -0.559. The molecule has 1 aromatic rings. The normalized spacial score (nSPS) is 22.4. The number of nitrogens with one attached hydrogen (secondary N) is 2. The summed E-state index contributed by atoms with van der Waals surface area (Å²) in [4.78, 5) is 33.7. The van der Waals surface area contributed by atoms with Crippen LogP contribution in [0, 0.1) is 5.92 Å². The third-order valence-corrected chi connectivity index (χ3v) is 4.53. The Morgan fingerprint density at radius 2 is 2.18 bits per heavy atom. The Morgan fingerprint density at radius 3 is 2.82 bits per heavy atom. The van der Waals surface area contributed by atoms with Crippen LogP contribution in [0.3, 0.4) is 0 Å². The molecule has 3 rings (SSSR count). The average molecular weight is 304 g/mol. The van der Waals surface area contributed by atoms with Crippen LogP contribution < -0.4 is 21.5 Å². The van der Waals surface area contributed by atoms with Crippen molar-refractivity contribution in [1.29, 1.82) is 0 Å². The van der Waals surface area contributed by atoms with E-state index >= 15 is 0 Å². The van der Waals surface area contributed by atoms with Crippen molar-refractivity contribution in [2.45, 2.75) is 31.2 Å². The van der Waals surface area contributed by atoms with Crippen molar-refractivity contribution in [3.8, 4) is 0 Å². The van der Waals surface area contributed by atoms with Crippen LogP contribution in [0.2, 0.25) is 0 Å². The van der Waals surface area contributed by atoms with E-state index < -0.39 is 5.91 Å². The number of carbonyl (C=O) groups excluding carboxylic acids is 2. The largest absolute Gasteiger partial charge is 0.364 e. The summed E-state index contributed by atoms with van der Waals surface area (Å²) in [7, 11) is 1.69. The number of nitrogens with zero attached hydrogens (tertiary/aromatic N) is 3. The summed E-state index contributed by atoms with van der Waals surface area (Å²) in [6.45, 7) is 0.733. The van der Waals surface area contributed by atoms with Gasteiger partial charge in [0.05, 0.1) is 0 Å². The maximum Gasteiger partial charge on any atom is 0.267 e. The number of piperidine rings is 1. The first-order valence-corrected chi connectivity index (χ1v) is 7.42. The van der Waals surface area contributed by atoms with Gasteiger partial charge in [-0.1, -0.05) is 0 Å². The molecule has 1 saturated heterocycles. The Hall–Kier alpha value is -2.22. The average Bonchev–Trinajstić information content (AvgIpc) is 3.27. The fraction of sp³-hybridized carbons (Fsp3) is 0.571. The van der Waals surface area contributed by atoms with Gasteiger partial charge in [0.15, 0.2) is 0 Å². The molecule has 118 valence electrons. The molecule has 0 aromatic carbocycles. The number of rotatable bonds is 4. The van der Waals surface area contributed by atoms with Gasteiger partial charge in [0, 0.05) is 31.1 Å². The molecular formula is C14H20N6O2. The van der Waals surface area contributed by atoms with Gasteiger partial charge in [0.1, 0.15) is 17.8 Å². The molecular weight excluding hydrogens is 284 g/mol. The van der Waals surface area contributed by atoms with Crippen LogP contribution in [0.1, 0.15) is 36.2 Å². The number of aromatic nitrogens is 2. The fourth-order valence-corrected chi connectivity index (χ4v) is 3.25. The Bertz CT molecular complexity index is 601. The van der Waals surface area contributed by atoms with Crippen molar-refractivity contribution >= 4 is 17.6 Å². The second-order valence-electron chi connectivity index (χ2n) is 5.93. The van der Waals surface area contributed by atoms with Crippen molar-refractivity contribution in [3.63, 3.8) is 0 Å². The molecule has 8 heteroatoms. The molecule has 1 aliphatic heterocycles. The van der Waals surface area contributed by atoms with E-state index in [9.17, 15) is 9.59 Å². The zero-order chi connectivity index (χ0) is 15.7. The van der Waals surface area contributed by atoms with E-state index in [-0.39, 0.29) is 23.1 Å². The Balaban J connectivity index is 1.78. The van der Waals surface area contributed by atoms with Gasteiger partial charge in [-0.2, -0.15) is 0 Å². The van der Waals surface area contributed by atoms with Gasteiger partial charge in [0.25, 0.3) is 5.91 Å². The summed E-state index contributed by atoms with van der Waals surface area (Å²) in [6.07, 6.45) is 4.99. The highest BCUT2D eigenvalue weighted by Crippen LogP contribution is 2.51. The lowest BCUT2D eigenvalue weighted by Crippen LogP contribution is -2.50. The number of anilines is 1. The number of carbonyl (C=O) groups is 2. The van der Waals surface area contributed by atoms with E-state index in [1.165, 1.54) is 6.33 Å². The zero-order valence-electron chi connectivity index (χ0n) is 12.5. The van der Waals surface area contributed by atoms with Crippen molar-refractivity contribution in [2.24, 2.45) is 11.7 Å². The van der Waals surface area contributed by atoms with Crippen LogP contribution in [0.4, 0.5) is 5.82 Å². The molecule has 2 amide bonds. The van der Waals surface area contributed by atoms with E-state index in [4.69, 9.17) is 5.73 Å². The van der Waals surface area contributed by atoms with E-state index in [2.05, 4.69) is 25.7 Å². The second-order valence-corrected chi connectivity index (χ2v) is 5.93. The molecule has 22 heavy (non-hydrogen) atoms. The van der Waals surface area contributed by atoms with E-state index in [0.717, 1.165) is 32.2 Å². The van der Waals surface area contributed by atoms with Crippen molar-refractivity contribution in [2.75, 3.05) is 18.5 Å². The third kappa shape index (κ3) is 2.61. The van der Waals surface area contributed by atoms with Gasteiger partial charge in [-0.05, 0) is 25.7 Å². The lowest BCUT2D eigenvalue weighted by Gasteiger charge is -2.40. The number of nitrogens with two attached hydrogens (primary N) is 1. The maximum absolute atomic E-state index is 12.0. The molecule has 4 N–H and O–H groups in total. The maximum atomic E-state index is 12.0. The molecule has 2 aliphatic rings. The smallest absolute Gasteiger partial charge is 0.267 e. The number of amides is 2. The van der Waals surface area contributed by atoms with Crippen LogP contribution in [-0.4, -0.2) is 40.9 Å². The Kier molecular flexibility index (Phi) is 3.69. The summed E-state index contributed by atoms with van der Waals surface area (Å²) in [5.41, 5.74) is 10.8. The molecule has 0 radical (unpaired) electrons. The van der Waals surface area contributed by atoms with Gasteiger partial charge in [0.2, 0.25) is 5.91 Å². The van der Waals surface area contributed by atoms with Crippen LogP contribution in [-0.2, 0) is 4.79 Å². The first-order valence-electron chi connectivity index (χ1n) is 7.42. The lowest BCUT2D eigenvalue weighted by atomic mass is 9.88. The van der Waals surface area contributed by atoms with Gasteiger partial charge in [-0.25, -0.2) is 15.4 Å². The summed E-state index contributed by atoms with van der Waals surface area (Å²) < 4.78 is 0. The van der Waals surface area contributed by atoms with Crippen molar-refractivity contribution in [3.05, 3.63) is 18.1 Å². The van der Waals surface area contributed by atoms with Gasteiger partial charge < -0.3 is 10.6 Å². The first kappa shape index (κ1) is 14.7. The summed E-state index contributed by atoms with van der Waals surface area (Å²) in [5.74, 6) is 0.197. The highest BCUT2D eigenvalue weighted by atomic mass is 16.2. The molecule has 1 spiro atoms. The zero-order valence-corrected chi connectivity index (χ0v) is 12.5. The topological polar surface area (TPSA) is 113 Å². The predicted octanol–water partition coefficient (Wildman–Crippen LogP) is -0.425. The van der Waals surface area contributed by atoms with Crippen LogP contribution in [0.5, 0.6) is 0 Å². The first-order chi connectivity index (χ1) is 10.6. The molecule has 1 saturated carbocycles. The van der Waals surface area contributed by atoms with Crippen LogP contribution in [0.25, 0.3) is 0 Å². The highest BCUT2D eigenvalue weighted by molar-refractivity contribution is 5.91. The van der Waals surface area contributed by atoms with E-state index in [1.54, 1.807) is 13.1 Å². The quantitative estimate of drug-likeness (QED) is 0.651. The molecule has 8 nitrogen and oxygen atoms in total. The molecule has 0 bridgehead atoms. The van der Waals surface area contributed by atoms with Gasteiger partial charge in [-0.3, -0.25) is 15.0 Å². The predicted molar refractivity (Wildman–Crippen MR) is 79.8 cm³/mol. The SMILES string of the molecule is CNNC(=O)C1CCN(c2cc(C(N)=O)ncn2)C2(CC2)C1. The van der Waals surface area contributed by atoms with E-state index in [1.807, 2.05) is 0 Å². The number of hydrazine groups is 1. The van der Waals surface area contributed by atoms with Crippen molar-refractivity contribution < 1.29 is 9.59 Å². The van der Waals surface area contributed by atoms with Crippen molar-refractivity contribution in [1.82, 2.24) is 20.8 Å². The fourth-order valence-electron chi connectivity index (χ4n) is 3.25. The summed E-state index contributed by atoms with van der Waals surface area (Å²) in [6, 6.07) is 1.64. The number of primary amides is 1.